The van der Waals surface area contributed by atoms with Crippen molar-refractivity contribution < 1.29 is 14.3 Å². The smallest absolute Gasteiger partial charge is 0.244 e. The number of hydrogen-bond donors (Lipinski definition) is 1. The minimum Gasteiger partial charge on any atom is -0.490 e. The molecule has 0 aliphatic carbocycles. The van der Waals surface area contributed by atoms with Crippen molar-refractivity contribution in [1.82, 2.24) is 5.43 Å². The van der Waals surface area contributed by atoms with E-state index in [0.717, 1.165) is 24.9 Å². The fraction of sp³-hybridized carbons (Fsp3) is 0.263. The van der Waals surface area contributed by atoms with Crippen LogP contribution in [0.1, 0.15) is 25.0 Å². The molecule has 5 nitrogen and oxygen atoms in total. The number of hydrazone groups is 1. The van der Waals surface area contributed by atoms with Gasteiger partial charge in [-0.25, -0.2) is 5.43 Å². The maximum Gasteiger partial charge on any atom is 0.244 e. The third kappa shape index (κ3) is 6.28. The Bertz CT molecular complexity index is 779. The highest BCUT2D eigenvalue weighted by Crippen LogP contribution is 2.33. The van der Waals surface area contributed by atoms with E-state index in [9.17, 15) is 4.79 Å². The molecule has 0 aliphatic rings. The van der Waals surface area contributed by atoms with Crippen molar-refractivity contribution >= 4 is 50.6 Å². The van der Waals surface area contributed by atoms with Crippen LogP contribution < -0.4 is 14.9 Å². The molecule has 0 aromatic heterocycles. The third-order valence-corrected chi connectivity index (χ3v) is 4.63. The SMILES string of the molecule is CCOc1cc(/C=N\NC(=O)Cc2ccc(Br)cc2)cc(I)c1OCC. The van der Waals surface area contributed by atoms with Gasteiger partial charge in [0, 0.05) is 4.47 Å². The number of rotatable bonds is 8. The summed E-state index contributed by atoms with van der Waals surface area (Å²) < 4.78 is 13.2. The first kappa shape index (κ1) is 20.7. The van der Waals surface area contributed by atoms with Gasteiger partial charge in [0.1, 0.15) is 0 Å². The molecule has 0 heterocycles. The lowest BCUT2D eigenvalue weighted by Crippen LogP contribution is -2.19. The first-order chi connectivity index (χ1) is 12.5. The zero-order chi connectivity index (χ0) is 18.9. The second kappa shape index (κ2) is 10.5. The average molecular weight is 531 g/mol. The van der Waals surface area contributed by atoms with Crippen LogP contribution in [0.15, 0.2) is 46.0 Å². The molecule has 0 radical (unpaired) electrons. The van der Waals surface area contributed by atoms with E-state index in [-0.39, 0.29) is 12.3 Å². The zero-order valence-corrected chi connectivity index (χ0v) is 18.3. The molecule has 138 valence electrons. The predicted octanol–water partition coefficient (Wildman–Crippen LogP) is 4.54. The highest BCUT2D eigenvalue weighted by atomic mass is 127. The molecule has 0 aliphatic heterocycles. The summed E-state index contributed by atoms with van der Waals surface area (Å²) in [5, 5.41) is 4.04. The van der Waals surface area contributed by atoms with E-state index >= 15 is 0 Å². The van der Waals surface area contributed by atoms with Crippen molar-refractivity contribution in [3.05, 3.63) is 55.6 Å². The highest BCUT2D eigenvalue weighted by molar-refractivity contribution is 14.1. The molecule has 0 spiro atoms. The predicted molar refractivity (Wildman–Crippen MR) is 115 cm³/mol. The molecule has 0 fully saturated rings. The van der Waals surface area contributed by atoms with Crippen molar-refractivity contribution in [2.24, 2.45) is 5.10 Å². The monoisotopic (exact) mass is 530 g/mol. The number of nitrogens with zero attached hydrogens (tertiary/aromatic N) is 1. The molecule has 0 atom stereocenters. The van der Waals surface area contributed by atoms with E-state index in [1.165, 1.54) is 0 Å². The Balaban J connectivity index is 2.02. The standard InChI is InChI=1S/C19H20BrIN2O3/c1-3-25-17-10-14(9-16(21)19(17)26-4-2)12-22-23-18(24)11-13-5-7-15(20)8-6-13/h5-10,12H,3-4,11H2,1-2H3,(H,23,24)/b22-12-. The van der Waals surface area contributed by atoms with Crippen LogP contribution in [0.2, 0.25) is 0 Å². The van der Waals surface area contributed by atoms with Crippen molar-refractivity contribution in [1.29, 1.82) is 0 Å². The van der Waals surface area contributed by atoms with E-state index in [1.807, 2.05) is 50.2 Å². The van der Waals surface area contributed by atoms with E-state index in [1.54, 1.807) is 6.21 Å². The van der Waals surface area contributed by atoms with Gasteiger partial charge >= 0.3 is 0 Å². The quantitative estimate of drug-likeness (QED) is 0.309. The van der Waals surface area contributed by atoms with Crippen LogP contribution in [-0.4, -0.2) is 25.3 Å². The van der Waals surface area contributed by atoms with Crippen molar-refractivity contribution in [2.45, 2.75) is 20.3 Å². The molecule has 0 unspecified atom stereocenters. The number of carbonyl (C=O) groups is 1. The van der Waals surface area contributed by atoms with Gasteiger partial charge < -0.3 is 9.47 Å². The van der Waals surface area contributed by atoms with Gasteiger partial charge in [0.2, 0.25) is 5.91 Å². The Hall–Kier alpha value is -1.61. The minimum atomic E-state index is -0.172. The fourth-order valence-electron chi connectivity index (χ4n) is 2.22. The van der Waals surface area contributed by atoms with Crippen LogP contribution >= 0.6 is 38.5 Å². The van der Waals surface area contributed by atoms with Crippen LogP contribution in [0.5, 0.6) is 11.5 Å². The lowest BCUT2D eigenvalue weighted by atomic mass is 10.1. The highest BCUT2D eigenvalue weighted by Gasteiger charge is 2.11. The topological polar surface area (TPSA) is 59.9 Å². The molecular weight excluding hydrogens is 511 g/mol. The van der Waals surface area contributed by atoms with Crippen LogP contribution in [0.25, 0.3) is 0 Å². The van der Waals surface area contributed by atoms with Gasteiger partial charge in [-0.2, -0.15) is 5.10 Å². The summed E-state index contributed by atoms with van der Waals surface area (Å²) in [6.45, 7) is 4.96. The molecule has 0 bridgehead atoms. The van der Waals surface area contributed by atoms with E-state index < -0.39 is 0 Å². The molecule has 2 aromatic rings. The number of hydrogen-bond acceptors (Lipinski definition) is 4. The molecule has 0 saturated carbocycles. The van der Waals surface area contributed by atoms with Crippen LogP contribution in [0, 0.1) is 3.57 Å². The average Bonchev–Trinajstić information content (AvgIpc) is 2.60. The number of nitrogens with one attached hydrogen (secondary N) is 1. The second-order valence-electron chi connectivity index (χ2n) is 5.29. The van der Waals surface area contributed by atoms with Crippen molar-refractivity contribution in [2.75, 3.05) is 13.2 Å². The minimum absolute atomic E-state index is 0.172. The summed E-state index contributed by atoms with van der Waals surface area (Å²) in [7, 11) is 0. The van der Waals surface area contributed by atoms with E-state index in [2.05, 4.69) is 49.0 Å². The lowest BCUT2D eigenvalue weighted by Gasteiger charge is -2.13. The molecule has 7 heteroatoms. The van der Waals surface area contributed by atoms with Crippen LogP contribution in [-0.2, 0) is 11.2 Å². The van der Waals surface area contributed by atoms with Gasteiger partial charge in [0.15, 0.2) is 11.5 Å². The van der Waals surface area contributed by atoms with Gasteiger partial charge in [-0.15, -0.1) is 0 Å². The maximum absolute atomic E-state index is 12.0. The van der Waals surface area contributed by atoms with E-state index in [0.29, 0.717) is 19.0 Å². The fourth-order valence-corrected chi connectivity index (χ4v) is 3.26. The second-order valence-corrected chi connectivity index (χ2v) is 7.37. The molecule has 26 heavy (non-hydrogen) atoms. The van der Waals surface area contributed by atoms with Gasteiger partial charge in [0.25, 0.3) is 0 Å². The molecule has 1 N–H and O–H groups in total. The molecular formula is C19H20BrIN2O3. The number of ether oxygens (including phenoxy) is 2. The summed E-state index contributed by atoms with van der Waals surface area (Å²) in [4.78, 5) is 12.0. The van der Waals surface area contributed by atoms with Gasteiger partial charge in [-0.3, -0.25) is 4.79 Å². The Morgan fingerprint density at radius 2 is 1.88 bits per heavy atom. The van der Waals surface area contributed by atoms with Crippen LogP contribution in [0.3, 0.4) is 0 Å². The molecule has 0 saturated heterocycles. The van der Waals surface area contributed by atoms with Gasteiger partial charge in [-0.05, 0) is 71.8 Å². The summed E-state index contributed by atoms with van der Waals surface area (Å²) in [6, 6.07) is 11.4. The molecule has 2 aromatic carbocycles. The largest absolute Gasteiger partial charge is 0.490 e. The zero-order valence-electron chi connectivity index (χ0n) is 14.6. The Morgan fingerprint density at radius 1 is 1.19 bits per heavy atom. The maximum atomic E-state index is 12.0. The first-order valence-electron chi connectivity index (χ1n) is 8.19. The molecule has 2 rings (SSSR count). The van der Waals surface area contributed by atoms with Crippen molar-refractivity contribution in [3.8, 4) is 11.5 Å². The summed E-state index contributed by atoms with van der Waals surface area (Å²) in [5.74, 6) is 1.23. The summed E-state index contributed by atoms with van der Waals surface area (Å²) >= 11 is 5.57. The number of benzene rings is 2. The van der Waals surface area contributed by atoms with Gasteiger partial charge in [0.05, 0.1) is 29.4 Å². The van der Waals surface area contributed by atoms with E-state index in [4.69, 9.17) is 9.47 Å². The third-order valence-electron chi connectivity index (χ3n) is 3.30. The van der Waals surface area contributed by atoms with Crippen molar-refractivity contribution in [3.63, 3.8) is 0 Å². The molecule has 1 amide bonds. The Morgan fingerprint density at radius 3 is 2.54 bits per heavy atom. The summed E-state index contributed by atoms with van der Waals surface area (Å²) in [6.07, 6.45) is 1.87. The van der Waals surface area contributed by atoms with Crippen LogP contribution in [0.4, 0.5) is 0 Å². The van der Waals surface area contributed by atoms with Gasteiger partial charge in [-0.1, -0.05) is 28.1 Å². The number of halogens is 2. The Labute approximate surface area is 175 Å². The Kier molecular flexibility index (Phi) is 8.37. The first-order valence-corrected chi connectivity index (χ1v) is 10.1. The summed E-state index contributed by atoms with van der Waals surface area (Å²) in [5.41, 5.74) is 4.30. The number of carbonyl (C=O) groups excluding carboxylic acids is 1. The number of amides is 1. The lowest BCUT2D eigenvalue weighted by molar-refractivity contribution is -0.120. The normalized spacial score (nSPS) is 10.8.